The lowest BCUT2D eigenvalue weighted by Gasteiger charge is -2.25. The van der Waals surface area contributed by atoms with Crippen molar-refractivity contribution in [1.82, 2.24) is 16.0 Å². The van der Waals surface area contributed by atoms with E-state index in [0.29, 0.717) is 5.56 Å². The van der Waals surface area contributed by atoms with E-state index in [-0.39, 0.29) is 0 Å². The number of aliphatic hydroxyl groups excluding tert-OH is 1. The second-order valence-electron chi connectivity index (χ2n) is 7.51. The van der Waals surface area contributed by atoms with Gasteiger partial charge in [0.05, 0.1) is 7.11 Å². The van der Waals surface area contributed by atoms with Gasteiger partial charge in [-0.15, -0.1) is 0 Å². The second-order valence-corrected chi connectivity index (χ2v) is 7.51. The summed E-state index contributed by atoms with van der Waals surface area (Å²) in [6.45, 7) is 5.94. The Bertz CT molecular complexity index is 747. The zero-order valence-electron chi connectivity index (χ0n) is 17.7. The summed E-state index contributed by atoms with van der Waals surface area (Å²) in [5.41, 5.74) is -0.361. The molecular weight excluding hydrogens is 394 g/mol. The number of amides is 3. The monoisotopic (exact) mass is 423 g/mol. The molecule has 0 aromatic heterocycles. The molecule has 0 fully saturated rings. The fraction of sp³-hybridized carbons (Fsp3) is 0.500. The summed E-state index contributed by atoms with van der Waals surface area (Å²) in [6, 6.07) is 5.80. The van der Waals surface area contributed by atoms with Gasteiger partial charge >= 0.3 is 12.1 Å². The Hall–Kier alpha value is -3.14. The van der Waals surface area contributed by atoms with Gasteiger partial charge in [-0.1, -0.05) is 30.3 Å². The summed E-state index contributed by atoms with van der Waals surface area (Å²) in [4.78, 5) is 48.2. The van der Waals surface area contributed by atoms with Crippen molar-refractivity contribution in [3.63, 3.8) is 0 Å². The van der Waals surface area contributed by atoms with Gasteiger partial charge in [0, 0.05) is 0 Å². The SMILES string of the molecule is COC(=O)[C@H](C)NC(=O)[C@@H](NC(=O)CNC(=O)OC(C)(C)C)[C@H](O)c1ccccc1. The van der Waals surface area contributed by atoms with E-state index < -0.39 is 54.2 Å². The lowest BCUT2D eigenvalue weighted by Crippen LogP contribution is -2.55. The van der Waals surface area contributed by atoms with E-state index in [0.717, 1.165) is 0 Å². The summed E-state index contributed by atoms with van der Waals surface area (Å²) in [6.07, 6.45) is -2.21. The number of ether oxygens (including phenoxy) is 2. The van der Waals surface area contributed by atoms with Crippen LogP contribution in [0.15, 0.2) is 30.3 Å². The molecule has 0 spiro atoms. The van der Waals surface area contributed by atoms with Gasteiger partial charge in [0.2, 0.25) is 11.8 Å². The van der Waals surface area contributed by atoms with E-state index in [9.17, 15) is 24.3 Å². The minimum Gasteiger partial charge on any atom is -0.467 e. The van der Waals surface area contributed by atoms with Gasteiger partial charge in [-0.05, 0) is 33.3 Å². The number of esters is 1. The van der Waals surface area contributed by atoms with Crippen LogP contribution in [-0.2, 0) is 23.9 Å². The first kappa shape index (κ1) is 24.9. The van der Waals surface area contributed by atoms with Gasteiger partial charge in [0.25, 0.3) is 0 Å². The van der Waals surface area contributed by atoms with Crippen molar-refractivity contribution in [3.8, 4) is 0 Å². The molecule has 0 saturated heterocycles. The van der Waals surface area contributed by atoms with Gasteiger partial charge in [-0.3, -0.25) is 9.59 Å². The fourth-order valence-electron chi connectivity index (χ4n) is 2.36. The molecule has 0 radical (unpaired) electrons. The third kappa shape index (κ3) is 8.48. The molecule has 10 heteroatoms. The summed E-state index contributed by atoms with van der Waals surface area (Å²) in [7, 11) is 1.17. The second kappa shape index (κ2) is 11.1. The summed E-state index contributed by atoms with van der Waals surface area (Å²) in [5.74, 6) is -2.22. The summed E-state index contributed by atoms with van der Waals surface area (Å²) in [5, 5.41) is 17.7. The number of carbonyl (C=O) groups is 4. The van der Waals surface area contributed by atoms with Crippen LogP contribution < -0.4 is 16.0 Å². The zero-order valence-corrected chi connectivity index (χ0v) is 17.7. The van der Waals surface area contributed by atoms with Crippen molar-refractivity contribution in [2.45, 2.75) is 51.5 Å². The highest BCUT2D eigenvalue weighted by Gasteiger charge is 2.32. The van der Waals surface area contributed by atoms with Crippen LogP contribution in [-0.4, -0.2) is 60.3 Å². The third-order valence-corrected chi connectivity index (χ3v) is 3.76. The Morgan fingerprint density at radius 3 is 2.20 bits per heavy atom. The van der Waals surface area contributed by atoms with Gasteiger partial charge < -0.3 is 30.5 Å². The fourth-order valence-corrected chi connectivity index (χ4v) is 2.36. The molecule has 0 bridgehead atoms. The normalized spacial score (nSPS) is 13.9. The molecule has 0 aliphatic heterocycles. The first-order valence-electron chi connectivity index (χ1n) is 9.32. The topological polar surface area (TPSA) is 143 Å². The average Bonchev–Trinajstić information content (AvgIpc) is 2.68. The van der Waals surface area contributed by atoms with E-state index in [2.05, 4.69) is 20.7 Å². The van der Waals surface area contributed by atoms with E-state index >= 15 is 0 Å². The predicted molar refractivity (Wildman–Crippen MR) is 107 cm³/mol. The van der Waals surface area contributed by atoms with E-state index in [1.807, 2.05) is 0 Å². The molecular formula is C20H29N3O7. The number of aliphatic hydroxyl groups is 1. The van der Waals surface area contributed by atoms with Crippen LogP contribution >= 0.6 is 0 Å². The molecule has 0 heterocycles. The van der Waals surface area contributed by atoms with Gasteiger partial charge in [-0.25, -0.2) is 9.59 Å². The molecule has 0 unspecified atom stereocenters. The van der Waals surface area contributed by atoms with Crippen molar-refractivity contribution in [1.29, 1.82) is 0 Å². The van der Waals surface area contributed by atoms with Gasteiger partial charge in [0.1, 0.15) is 30.3 Å². The lowest BCUT2D eigenvalue weighted by molar-refractivity contribution is -0.145. The maximum Gasteiger partial charge on any atom is 0.408 e. The predicted octanol–water partition coefficient (Wildman–Crippen LogP) is 0.407. The number of alkyl carbamates (subject to hydrolysis) is 1. The third-order valence-electron chi connectivity index (χ3n) is 3.76. The van der Waals surface area contributed by atoms with Crippen LogP contribution in [0.4, 0.5) is 4.79 Å². The average molecular weight is 423 g/mol. The number of rotatable bonds is 8. The molecule has 1 aromatic rings. The minimum atomic E-state index is -1.42. The van der Waals surface area contributed by atoms with Crippen LogP contribution in [0.3, 0.4) is 0 Å². The van der Waals surface area contributed by atoms with Crippen LogP contribution in [0, 0.1) is 0 Å². The maximum atomic E-state index is 12.6. The highest BCUT2D eigenvalue weighted by atomic mass is 16.6. The lowest BCUT2D eigenvalue weighted by atomic mass is 10.0. The molecule has 10 nitrogen and oxygen atoms in total. The zero-order chi connectivity index (χ0) is 22.9. The van der Waals surface area contributed by atoms with Crippen LogP contribution in [0.1, 0.15) is 39.4 Å². The number of benzene rings is 1. The maximum absolute atomic E-state index is 12.6. The smallest absolute Gasteiger partial charge is 0.408 e. The molecule has 0 aliphatic rings. The van der Waals surface area contributed by atoms with E-state index in [1.54, 1.807) is 51.1 Å². The van der Waals surface area contributed by atoms with Crippen molar-refractivity contribution in [3.05, 3.63) is 35.9 Å². The Morgan fingerprint density at radius 1 is 1.07 bits per heavy atom. The first-order valence-corrected chi connectivity index (χ1v) is 9.32. The molecule has 0 aliphatic carbocycles. The quantitative estimate of drug-likeness (QED) is 0.443. The number of nitrogens with one attached hydrogen (secondary N) is 3. The minimum absolute atomic E-state index is 0.378. The Kier molecular flexibility index (Phi) is 9.25. The van der Waals surface area contributed by atoms with Crippen molar-refractivity contribution in [2.24, 2.45) is 0 Å². The standard InChI is InChI=1S/C20H29N3O7/c1-12(18(27)29-5)22-17(26)15(16(25)13-9-7-6-8-10-13)23-14(24)11-21-19(28)30-20(2,3)4/h6-10,12,15-16,25H,11H2,1-5H3,(H,21,28)(H,22,26)(H,23,24)/t12-,15-,16+/m0/s1. The highest BCUT2D eigenvalue weighted by molar-refractivity contribution is 5.92. The molecule has 30 heavy (non-hydrogen) atoms. The molecule has 4 N–H and O–H groups in total. The molecule has 1 rings (SSSR count). The number of hydrogen-bond acceptors (Lipinski definition) is 7. The Balaban J connectivity index is 2.87. The van der Waals surface area contributed by atoms with Crippen LogP contribution in [0.25, 0.3) is 0 Å². The van der Waals surface area contributed by atoms with Crippen molar-refractivity contribution < 1.29 is 33.8 Å². The molecule has 1 aromatic carbocycles. The molecule has 0 saturated carbocycles. The van der Waals surface area contributed by atoms with Gasteiger partial charge in [0.15, 0.2) is 0 Å². The molecule has 3 amide bonds. The number of methoxy groups -OCH3 is 1. The van der Waals surface area contributed by atoms with E-state index in [4.69, 9.17) is 4.74 Å². The molecule has 166 valence electrons. The molecule has 3 atom stereocenters. The highest BCUT2D eigenvalue weighted by Crippen LogP contribution is 2.17. The van der Waals surface area contributed by atoms with Crippen LogP contribution in [0.5, 0.6) is 0 Å². The van der Waals surface area contributed by atoms with Crippen molar-refractivity contribution >= 4 is 23.9 Å². The first-order chi connectivity index (χ1) is 13.9. The largest absolute Gasteiger partial charge is 0.467 e. The summed E-state index contributed by atoms with van der Waals surface area (Å²) >= 11 is 0. The summed E-state index contributed by atoms with van der Waals surface area (Å²) < 4.78 is 9.60. The Labute approximate surface area is 175 Å². The van der Waals surface area contributed by atoms with Crippen molar-refractivity contribution in [2.75, 3.05) is 13.7 Å². The Morgan fingerprint density at radius 2 is 1.67 bits per heavy atom. The number of carbonyl (C=O) groups excluding carboxylic acids is 4. The van der Waals surface area contributed by atoms with E-state index in [1.165, 1.54) is 14.0 Å². The van der Waals surface area contributed by atoms with Crippen LogP contribution in [0.2, 0.25) is 0 Å². The number of hydrogen-bond donors (Lipinski definition) is 4. The van der Waals surface area contributed by atoms with Gasteiger partial charge in [-0.2, -0.15) is 0 Å².